The molecule has 3 rings (SSSR count). The highest BCUT2D eigenvalue weighted by molar-refractivity contribution is 5.76. The average Bonchev–Trinajstić information content (AvgIpc) is 3.37. The van der Waals surface area contributed by atoms with E-state index < -0.39 is 124 Å². The summed E-state index contributed by atoms with van der Waals surface area (Å²) in [4.78, 5) is 13.2. The topological polar surface area (TPSA) is 307 Å². The molecule has 0 saturated carbocycles. The van der Waals surface area contributed by atoms with Crippen LogP contribution >= 0.6 is 0 Å². The first-order valence-electron chi connectivity index (χ1n) is 27.6. The summed E-state index contributed by atoms with van der Waals surface area (Å²) in [6.07, 6.45) is 9.12. The molecule has 17 atom stereocenters. The fraction of sp³-hybridized carbons (Fsp3) is 0.906. The fourth-order valence-corrected chi connectivity index (χ4v) is 9.36. The predicted molar refractivity (Wildman–Crippen MR) is 268 cm³/mol. The number of allylic oxidation sites excluding steroid dienone is 3. The van der Waals surface area contributed by atoms with Gasteiger partial charge in [-0.25, -0.2) is 0 Å². The van der Waals surface area contributed by atoms with Crippen molar-refractivity contribution in [2.75, 3.05) is 26.4 Å². The lowest BCUT2D eigenvalue weighted by atomic mass is 9.96. The summed E-state index contributed by atoms with van der Waals surface area (Å²) in [6, 6.07) is -0.968. The van der Waals surface area contributed by atoms with E-state index >= 15 is 0 Å². The summed E-state index contributed by atoms with van der Waals surface area (Å²) < 4.78 is 34.1. The molecule has 3 saturated heterocycles. The Morgan fingerprint density at radius 2 is 0.875 bits per heavy atom. The molecule has 19 nitrogen and oxygen atoms in total. The molecule has 19 heteroatoms. The monoisotopic (exact) mass is 1040 g/mol. The maximum absolute atomic E-state index is 13.2. The van der Waals surface area contributed by atoms with Crippen molar-refractivity contribution in [3.63, 3.8) is 0 Å². The summed E-state index contributed by atoms with van der Waals surface area (Å²) in [6.45, 7) is 1.64. The van der Waals surface area contributed by atoms with Crippen LogP contribution in [0.1, 0.15) is 174 Å². The van der Waals surface area contributed by atoms with Crippen molar-refractivity contribution in [2.24, 2.45) is 0 Å². The van der Waals surface area contributed by atoms with Crippen molar-refractivity contribution < 1.29 is 89.4 Å². The Balaban J connectivity index is 1.49. The Hall–Kier alpha value is -1.73. The minimum Gasteiger partial charge on any atom is -0.394 e. The van der Waals surface area contributed by atoms with E-state index in [4.69, 9.17) is 28.4 Å². The SMILES string of the molecule is CCCCCCCC/C=C\CCCCCCCCCCCC(=O)NC(COC1OC(CO)C(OC2OC(CO)C(OC3OC(CO)C(O)C(O)C3O)C(O)C2O)C(O)C1O)C(O)/C=C/CCCCCCCC. The molecule has 3 aliphatic rings. The van der Waals surface area contributed by atoms with E-state index in [0.717, 1.165) is 57.8 Å². The Morgan fingerprint density at radius 3 is 1.35 bits per heavy atom. The van der Waals surface area contributed by atoms with E-state index in [9.17, 15) is 61.0 Å². The molecule has 1 amide bonds. The van der Waals surface area contributed by atoms with E-state index in [-0.39, 0.29) is 18.9 Å². The maximum Gasteiger partial charge on any atom is 0.220 e. The van der Waals surface area contributed by atoms with Crippen molar-refractivity contribution in [1.82, 2.24) is 5.32 Å². The minimum atomic E-state index is -1.97. The Morgan fingerprint density at radius 1 is 0.486 bits per heavy atom. The van der Waals surface area contributed by atoms with Crippen molar-refractivity contribution >= 4 is 5.91 Å². The molecule has 3 fully saturated rings. The van der Waals surface area contributed by atoms with Crippen LogP contribution in [0.15, 0.2) is 24.3 Å². The highest BCUT2D eigenvalue weighted by Crippen LogP contribution is 2.33. The van der Waals surface area contributed by atoms with E-state index in [1.807, 2.05) is 6.08 Å². The van der Waals surface area contributed by atoms with Crippen molar-refractivity contribution in [1.29, 1.82) is 0 Å². The number of amides is 1. The van der Waals surface area contributed by atoms with Crippen LogP contribution in [0.4, 0.5) is 0 Å². The van der Waals surface area contributed by atoms with Gasteiger partial charge in [-0.3, -0.25) is 4.79 Å². The van der Waals surface area contributed by atoms with Gasteiger partial charge in [-0.15, -0.1) is 0 Å². The van der Waals surface area contributed by atoms with Crippen molar-refractivity contribution in [2.45, 2.75) is 279 Å². The van der Waals surface area contributed by atoms with E-state index in [1.165, 1.54) is 89.9 Å². The van der Waals surface area contributed by atoms with Gasteiger partial charge in [0.2, 0.25) is 5.91 Å². The van der Waals surface area contributed by atoms with E-state index in [1.54, 1.807) is 6.08 Å². The number of hydrogen-bond acceptors (Lipinski definition) is 18. The molecule has 0 aromatic heterocycles. The first kappa shape index (κ1) is 64.6. The highest BCUT2D eigenvalue weighted by atomic mass is 16.8. The molecule has 3 heterocycles. The lowest BCUT2D eigenvalue weighted by Crippen LogP contribution is -2.66. The number of hydrogen-bond donors (Lipinski definition) is 12. The molecule has 17 unspecified atom stereocenters. The fourth-order valence-electron chi connectivity index (χ4n) is 9.36. The van der Waals surface area contributed by atoms with E-state index in [0.29, 0.717) is 6.42 Å². The van der Waals surface area contributed by atoms with Crippen LogP contribution in [0.25, 0.3) is 0 Å². The zero-order chi connectivity index (χ0) is 52.7. The molecule has 0 radical (unpaired) electrons. The molecule has 0 spiro atoms. The van der Waals surface area contributed by atoms with Gasteiger partial charge in [0.15, 0.2) is 18.9 Å². The second-order valence-electron chi connectivity index (χ2n) is 20.0. The molecule has 0 aliphatic carbocycles. The zero-order valence-corrected chi connectivity index (χ0v) is 43.4. The molecule has 422 valence electrons. The second kappa shape index (κ2) is 37.9. The van der Waals surface area contributed by atoms with Gasteiger partial charge in [-0.2, -0.15) is 0 Å². The smallest absolute Gasteiger partial charge is 0.220 e. The third-order valence-corrected chi connectivity index (χ3v) is 14.0. The second-order valence-corrected chi connectivity index (χ2v) is 20.0. The molecular formula is C53H97NO18. The number of carbonyl (C=O) groups is 1. The number of carbonyl (C=O) groups excluding carboxylic acids is 1. The lowest BCUT2D eigenvalue weighted by Gasteiger charge is -2.48. The highest BCUT2D eigenvalue weighted by Gasteiger charge is 2.53. The number of aliphatic hydroxyl groups is 11. The first-order chi connectivity index (χ1) is 34.8. The van der Waals surface area contributed by atoms with Gasteiger partial charge in [0.05, 0.1) is 38.6 Å². The van der Waals surface area contributed by atoms with Gasteiger partial charge >= 0.3 is 0 Å². The molecule has 12 N–H and O–H groups in total. The van der Waals surface area contributed by atoms with Crippen LogP contribution < -0.4 is 5.32 Å². The quantitative estimate of drug-likeness (QED) is 0.0311. The summed E-state index contributed by atoms with van der Waals surface area (Å²) in [5.41, 5.74) is 0. The maximum atomic E-state index is 13.2. The number of rotatable bonds is 39. The largest absolute Gasteiger partial charge is 0.394 e. The predicted octanol–water partition coefficient (Wildman–Crippen LogP) is 3.20. The summed E-state index contributed by atoms with van der Waals surface area (Å²) in [7, 11) is 0. The third-order valence-electron chi connectivity index (χ3n) is 14.0. The molecule has 72 heavy (non-hydrogen) atoms. The summed E-state index contributed by atoms with van der Waals surface area (Å²) in [5, 5.41) is 120. The number of unbranched alkanes of at least 4 members (excludes halogenated alkanes) is 21. The van der Waals surface area contributed by atoms with Gasteiger partial charge < -0.3 is 89.9 Å². The van der Waals surface area contributed by atoms with Crippen molar-refractivity contribution in [3.8, 4) is 0 Å². The zero-order valence-electron chi connectivity index (χ0n) is 43.4. The molecule has 0 aromatic carbocycles. The summed E-state index contributed by atoms with van der Waals surface area (Å²) >= 11 is 0. The van der Waals surface area contributed by atoms with Gasteiger partial charge in [0.1, 0.15) is 73.2 Å². The normalized spacial score (nSPS) is 32.2. The van der Waals surface area contributed by atoms with Crippen LogP contribution in [-0.2, 0) is 33.2 Å². The summed E-state index contributed by atoms with van der Waals surface area (Å²) in [5.74, 6) is -0.282. The Labute approximate surface area is 428 Å². The average molecular weight is 1040 g/mol. The van der Waals surface area contributed by atoms with Crippen LogP contribution in [0.2, 0.25) is 0 Å². The minimum absolute atomic E-state index is 0.242. The standard InChI is InChI=1S/C53H97NO18/c1-3-5-7-9-11-13-14-15-16-17-18-19-20-21-22-23-25-27-29-31-41(59)54-36(37(58)30-28-26-24-12-10-8-6-4-2)35-67-51-47(65)44(62)49(39(33-56)69-51)72-53-48(66)45(63)50(40(34-57)70-53)71-52-46(64)43(61)42(60)38(32-55)68-52/h15-16,28,30,36-40,42-53,55-58,60-66H,3-14,17-27,29,31-35H2,1-2H3,(H,54,59)/b16-15-,30-28+. The number of ether oxygens (including phenoxy) is 6. The number of aliphatic hydroxyl groups excluding tert-OH is 11. The van der Waals surface area contributed by atoms with Crippen LogP contribution in [-0.4, -0.2) is 193 Å². The molecular weight excluding hydrogens is 939 g/mol. The number of nitrogens with one attached hydrogen (secondary N) is 1. The van der Waals surface area contributed by atoms with Crippen LogP contribution in [0, 0.1) is 0 Å². The van der Waals surface area contributed by atoms with Crippen LogP contribution in [0.3, 0.4) is 0 Å². The van der Waals surface area contributed by atoms with Crippen LogP contribution in [0.5, 0.6) is 0 Å². The lowest BCUT2D eigenvalue weighted by molar-refractivity contribution is -0.379. The van der Waals surface area contributed by atoms with Gasteiger partial charge in [-0.1, -0.05) is 147 Å². The van der Waals surface area contributed by atoms with Gasteiger partial charge in [0.25, 0.3) is 0 Å². The molecule has 0 bridgehead atoms. The molecule has 0 aromatic rings. The van der Waals surface area contributed by atoms with Gasteiger partial charge in [0, 0.05) is 6.42 Å². The van der Waals surface area contributed by atoms with Crippen molar-refractivity contribution in [3.05, 3.63) is 24.3 Å². The first-order valence-corrected chi connectivity index (χ1v) is 27.6. The third kappa shape index (κ3) is 22.9. The Bertz CT molecular complexity index is 1430. The molecule has 3 aliphatic heterocycles. The van der Waals surface area contributed by atoms with E-state index in [2.05, 4.69) is 31.3 Å². The van der Waals surface area contributed by atoms with Gasteiger partial charge in [-0.05, 0) is 44.9 Å². The Kier molecular flexibility index (Phi) is 34.0.